The van der Waals surface area contributed by atoms with Gasteiger partial charge in [-0.25, -0.2) is 4.79 Å². The monoisotopic (exact) mass is 329 g/mol. The third-order valence-corrected chi connectivity index (χ3v) is 3.53. The number of pyridine rings is 1. The van der Waals surface area contributed by atoms with Crippen LogP contribution in [-0.4, -0.2) is 34.3 Å². The van der Waals surface area contributed by atoms with E-state index in [1.54, 1.807) is 7.11 Å². The van der Waals surface area contributed by atoms with E-state index in [4.69, 9.17) is 9.15 Å². The molecule has 0 saturated carbocycles. The second-order valence-electron chi connectivity index (χ2n) is 5.33. The number of aryl methyl sites for hydroxylation is 1. The molecular weight excluding hydrogens is 310 g/mol. The van der Waals surface area contributed by atoms with Crippen LogP contribution in [0, 0.1) is 6.92 Å². The molecule has 2 amide bonds. The van der Waals surface area contributed by atoms with Crippen LogP contribution in [0.5, 0.6) is 0 Å². The SMILES string of the molecule is COC[C@@H](NC(=O)NCc1nnc2ccccn12)c1ccc(C)o1. The first-order valence-electron chi connectivity index (χ1n) is 7.55. The molecule has 0 aliphatic rings. The molecule has 8 heteroatoms. The average Bonchev–Trinajstić information content (AvgIpc) is 3.19. The number of rotatable bonds is 6. The number of amides is 2. The normalized spacial score (nSPS) is 12.2. The van der Waals surface area contributed by atoms with Crippen molar-refractivity contribution in [3.63, 3.8) is 0 Å². The molecule has 0 aromatic carbocycles. The quantitative estimate of drug-likeness (QED) is 0.719. The summed E-state index contributed by atoms with van der Waals surface area (Å²) < 4.78 is 12.5. The number of hydrogen-bond donors (Lipinski definition) is 2. The van der Waals surface area contributed by atoms with Crippen LogP contribution in [0.4, 0.5) is 4.79 Å². The van der Waals surface area contributed by atoms with Gasteiger partial charge in [0.25, 0.3) is 0 Å². The van der Waals surface area contributed by atoms with Gasteiger partial charge < -0.3 is 19.8 Å². The molecule has 0 fully saturated rings. The fraction of sp³-hybridized carbons (Fsp3) is 0.312. The maximum Gasteiger partial charge on any atom is 0.315 e. The highest BCUT2D eigenvalue weighted by Crippen LogP contribution is 2.16. The number of urea groups is 1. The summed E-state index contributed by atoms with van der Waals surface area (Å²) in [5.41, 5.74) is 0.734. The van der Waals surface area contributed by atoms with Crippen molar-refractivity contribution in [1.29, 1.82) is 0 Å². The lowest BCUT2D eigenvalue weighted by Gasteiger charge is -2.16. The largest absolute Gasteiger partial charge is 0.464 e. The second-order valence-corrected chi connectivity index (χ2v) is 5.33. The Balaban J connectivity index is 1.61. The van der Waals surface area contributed by atoms with E-state index in [0.29, 0.717) is 18.2 Å². The van der Waals surface area contributed by atoms with Crippen molar-refractivity contribution in [2.75, 3.05) is 13.7 Å². The highest BCUT2D eigenvalue weighted by molar-refractivity contribution is 5.74. The standard InChI is InChI=1S/C16H19N5O3/c1-11-6-7-13(24-11)12(10-23-2)18-16(22)17-9-15-20-19-14-5-3-4-8-21(14)15/h3-8,12H,9-10H2,1-2H3,(H2,17,18,22)/t12-/m1/s1. The summed E-state index contributed by atoms with van der Waals surface area (Å²) in [6.07, 6.45) is 1.85. The number of ether oxygens (including phenoxy) is 1. The van der Waals surface area contributed by atoms with Crippen LogP contribution in [-0.2, 0) is 11.3 Å². The molecule has 0 spiro atoms. The molecule has 0 saturated heterocycles. The Kier molecular flexibility index (Phi) is 4.76. The molecule has 0 aliphatic carbocycles. The van der Waals surface area contributed by atoms with E-state index in [9.17, 15) is 4.79 Å². The van der Waals surface area contributed by atoms with Crippen molar-refractivity contribution in [2.24, 2.45) is 0 Å². The second kappa shape index (κ2) is 7.14. The topological polar surface area (TPSA) is 93.7 Å². The first-order chi connectivity index (χ1) is 11.7. The smallest absolute Gasteiger partial charge is 0.315 e. The molecule has 1 atom stereocenters. The van der Waals surface area contributed by atoms with Gasteiger partial charge >= 0.3 is 6.03 Å². The van der Waals surface area contributed by atoms with Gasteiger partial charge in [-0.2, -0.15) is 0 Å². The summed E-state index contributed by atoms with van der Waals surface area (Å²) in [5, 5.41) is 13.7. The molecule has 0 bridgehead atoms. The van der Waals surface area contributed by atoms with Gasteiger partial charge in [-0.05, 0) is 31.2 Å². The lowest BCUT2D eigenvalue weighted by atomic mass is 10.2. The number of fused-ring (bicyclic) bond motifs is 1. The Morgan fingerprint density at radius 1 is 1.33 bits per heavy atom. The number of nitrogens with zero attached hydrogens (tertiary/aromatic N) is 3. The van der Waals surface area contributed by atoms with E-state index >= 15 is 0 Å². The fourth-order valence-electron chi connectivity index (χ4n) is 2.38. The maximum absolute atomic E-state index is 12.2. The highest BCUT2D eigenvalue weighted by atomic mass is 16.5. The van der Waals surface area contributed by atoms with Gasteiger partial charge in [0.1, 0.15) is 17.6 Å². The minimum absolute atomic E-state index is 0.258. The van der Waals surface area contributed by atoms with Crippen molar-refractivity contribution in [2.45, 2.75) is 19.5 Å². The van der Waals surface area contributed by atoms with Crippen LogP contribution < -0.4 is 10.6 Å². The minimum Gasteiger partial charge on any atom is -0.464 e. The van der Waals surface area contributed by atoms with Gasteiger partial charge in [-0.15, -0.1) is 10.2 Å². The number of methoxy groups -OCH3 is 1. The van der Waals surface area contributed by atoms with E-state index in [0.717, 1.165) is 11.4 Å². The van der Waals surface area contributed by atoms with Gasteiger partial charge in [-0.1, -0.05) is 6.07 Å². The van der Waals surface area contributed by atoms with Crippen molar-refractivity contribution in [3.8, 4) is 0 Å². The van der Waals surface area contributed by atoms with Crippen LogP contribution >= 0.6 is 0 Å². The van der Waals surface area contributed by atoms with Crippen LogP contribution in [0.15, 0.2) is 40.9 Å². The lowest BCUT2D eigenvalue weighted by molar-refractivity contribution is 0.156. The van der Waals surface area contributed by atoms with E-state index in [1.165, 1.54) is 0 Å². The van der Waals surface area contributed by atoms with E-state index in [1.807, 2.05) is 47.9 Å². The summed E-state index contributed by atoms with van der Waals surface area (Å²) in [5.74, 6) is 2.08. The molecule has 0 aliphatic heterocycles. The molecule has 126 valence electrons. The van der Waals surface area contributed by atoms with Crippen LogP contribution in [0.3, 0.4) is 0 Å². The molecular formula is C16H19N5O3. The Morgan fingerprint density at radius 2 is 2.21 bits per heavy atom. The number of aromatic nitrogens is 3. The Labute approximate surface area is 138 Å². The third kappa shape index (κ3) is 3.54. The number of carbonyl (C=O) groups excluding carboxylic acids is 1. The van der Waals surface area contributed by atoms with Gasteiger partial charge in [0.2, 0.25) is 0 Å². The van der Waals surface area contributed by atoms with Crippen LogP contribution in [0.2, 0.25) is 0 Å². The van der Waals surface area contributed by atoms with E-state index in [-0.39, 0.29) is 18.6 Å². The van der Waals surface area contributed by atoms with Crippen molar-refractivity contribution >= 4 is 11.7 Å². The predicted molar refractivity (Wildman–Crippen MR) is 86.4 cm³/mol. The summed E-state index contributed by atoms with van der Waals surface area (Å²) in [4.78, 5) is 12.2. The molecule has 3 heterocycles. The first kappa shape index (κ1) is 16.0. The van der Waals surface area contributed by atoms with Crippen molar-refractivity contribution in [3.05, 3.63) is 53.9 Å². The fourth-order valence-corrected chi connectivity index (χ4v) is 2.38. The summed E-state index contributed by atoms with van der Waals surface area (Å²) in [6, 6.07) is 8.59. The molecule has 24 heavy (non-hydrogen) atoms. The number of nitrogens with one attached hydrogen (secondary N) is 2. The third-order valence-electron chi connectivity index (χ3n) is 3.53. The number of hydrogen-bond acceptors (Lipinski definition) is 5. The Morgan fingerprint density at radius 3 is 2.96 bits per heavy atom. The highest BCUT2D eigenvalue weighted by Gasteiger charge is 2.18. The van der Waals surface area contributed by atoms with E-state index < -0.39 is 0 Å². The van der Waals surface area contributed by atoms with E-state index in [2.05, 4.69) is 20.8 Å². The zero-order valence-corrected chi connectivity index (χ0v) is 13.5. The molecule has 0 radical (unpaired) electrons. The minimum atomic E-state index is -0.362. The van der Waals surface area contributed by atoms with Crippen LogP contribution in [0.1, 0.15) is 23.4 Å². The molecule has 3 rings (SSSR count). The molecule has 8 nitrogen and oxygen atoms in total. The molecule has 3 aromatic rings. The van der Waals surface area contributed by atoms with Crippen molar-refractivity contribution in [1.82, 2.24) is 25.2 Å². The summed E-state index contributed by atoms with van der Waals surface area (Å²) >= 11 is 0. The van der Waals surface area contributed by atoms with Gasteiger partial charge in [0.05, 0.1) is 13.2 Å². The Bertz CT molecular complexity index is 826. The predicted octanol–water partition coefficient (Wildman–Crippen LogP) is 1.82. The maximum atomic E-state index is 12.2. The average molecular weight is 329 g/mol. The number of carbonyl (C=O) groups is 1. The van der Waals surface area contributed by atoms with Gasteiger partial charge in [-0.3, -0.25) is 4.40 Å². The summed E-state index contributed by atoms with van der Waals surface area (Å²) in [6.45, 7) is 2.42. The zero-order valence-electron chi connectivity index (χ0n) is 13.5. The van der Waals surface area contributed by atoms with Crippen molar-refractivity contribution < 1.29 is 13.9 Å². The lowest BCUT2D eigenvalue weighted by Crippen LogP contribution is -2.39. The first-order valence-corrected chi connectivity index (χ1v) is 7.55. The molecule has 0 unspecified atom stereocenters. The van der Waals surface area contributed by atoms with Gasteiger partial charge in [0, 0.05) is 13.3 Å². The Hall–Kier alpha value is -2.87. The molecule has 2 N–H and O–H groups in total. The number of furan rings is 1. The molecule has 3 aromatic heterocycles. The summed E-state index contributed by atoms with van der Waals surface area (Å²) in [7, 11) is 1.57. The van der Waals surface area contributed by atoms with Gasteiger partial charge in [0.15, 0.2) is 11.5 Å². The van der Waals surface area contributed by atoms with Crippen LogP contribution in [0.25, 0.3) is 5.65 Å². The zero-order chi connectivity index (χ0) is 16.9.